The number of carbonyl (C=O) groups excluding carboxylic acids is 2. The summed E-state index contributed by atoms with van der Waals surface area (Å²) < 4.78 is 11.3. The molecule has 160 valence electrons. The number of amides is 2. The van der Waals surface area contributed by atoms with Crippen molar-refractivity contribution in [2.75, 3.05) is 25.1 Å². The number of ether oxygens (including phenoxy) is 2. The quantitative estimate of drug-likeness (QED) is 0.647. The minimum Gasteiger partial charge on any atom is -0.493 e. The molecule has 1 aliphatic rings. The van der Waals surface area contributed by atoms with Crippen molar-refractivity contribution in [1.29, 1.82) is 0 Å². The molecular formula is C24H30N2O4. The highest BCUT2D eigenvalue weighted by atomic mass is 16.5. The molecular weight excluding hydrogens is 380 g/mol. The second-order valence-corrected chi connectivity index (χ2v) is 7.91. The van der Waals surface area contributed by atoms with Crippen LogP contribution in [0.25, 0.3) is 0 Å². The number of nitrogens with one attached hydrogen (secondary N) is 2. The average Bonchev–Trinajstić information content (AvgIpc) is 3.26. The van der Waals surface area contributed by atoms with Crippen molar-refractivity contribution in [3.8, 4) is 5.75 Å². The predicted molar refractivity (Wildman–Crippen MR) is 117 cm³/mol. The van der Waals surface area contributed by atoms with Crippen LogP contribution in [0.5, 0.6) is 5.75 Å². The van der Waals surface area contributed by atoms with Crippen molar-refractivity contribution in [2.45, 2.75) is 39.2 Å². The third kappa shape index (κ3) is 6.32. The topological polar surface area (TPSA) is 76.7 Å². The molecule has 6 nitrogen and oxygen atoms in total. The van der Waals surface area contributed by atoms with Crippen molar-refractivity contribution < 1.29 is 19.1 Å². The van der Waals surface area contributed by atoms with E-state index in [9.17, 15) is 9.59 Å². The van der Waals surface area contributed by atoms with Crippen LogP contribution in [0.15, 0.2) is 48.5 Å². The maximum atomic E-state index is 12.8. The molecule has 0 radical (unpaired) electrons. The van der Waals surface area contributed by atoms with Gasteiger partial charge in [-0.15, -0.1) is 0 Å². The lowest BCUT2D eigenvalue weighted by Crippen LogP contribution is -2.31. The zero-order valence-corrected chi connectivity index (χ0v) is 17.6. The molecule has 2 aromatic rings. The molecule has 0 bridgehead atoms. The van der Waals surface area contributed by atoms with Crippen LogP contribution in [0.1, 0.15) is 53.8 Å². The molecule has 1 atom stereocenters. The molecule has 2 N–H and O–H groups in total. The molecule has 30 heavy (non-hydrogen) atoms. The van der Waals surface area contributed by atoms with Gasteiger partial charge in [-0.05, 0) is 55.5 Å². The number of anilines is 1. The van der Waals surface area contributed by atoms with Gasteiger partial charge in [0.05, 0.1) is 18.3 Å². The van der Waals surface area contributed by atoms with Gasteiger partial charge in [-0.2, -0.15) is 0 Å². The van der Waals surface area contributed by atoms with E-state index in [1.807, 2.05) is 6.07 Å². The van der Waals surface area contributed by atoms with E-state index in [2.05, 4.69) is 24.5 Å². The summed E-state index contributed by atoms with van der Waals surface area (Å²) in [5.74, 6) is 0.632. The van der Waals surface area contributed by atoms with E-state index in [4.69, 9.17) is 9.47 Å². The Kier molecular flexibility index (Phi) is 7.85. The summed E-state index contributed by atoms with van der Waals surface area (Å²) in [4.78, 5) is 25.2. The molecule has 2 aromatic carbocycles. The second kappa shape index (κ2) is 10.8. The van der Waals surface area contributed by atoms with Crippen LogP contribution in [-0.4, -0.2) is 37.7 Å². The van der Waals surface area contributed by atoms with Crippen LogP contribution in [0.4, 0.5) is 5.69 Å². The Bertz CT molecular complexity index is 860. The maximum absolute atomic E-state index is 12.8. The van der Waals surface area contributed by atoms with Gasteiger partial charge < -0.3 is 20.1 Å². The molecule has 1 aliphatic heterocycles. The summed E-state index contributed by atoms with van der Waals surface area (Å²) >= 11 is 0. The SMILES string of the molecule is CC(C)CCOc1ccccc1C(=O)Nc1cccc(C(=O)NCC2CCCO2)c1. The van der Waals surface area contributed by atoms with Gasteiger partial charge in [0.15, 0.2) is 0 Å². The Balaban J connectivity index is 1.61. The smallest absolute Gasteiger partial charge is 0.259 e. The van der Waals surface area contributed by atoms with E-state index in [1.54, 1.807) is 42.5 Å². The van der Waals surface area contributed by atoms with Crippen LogP contribution in [0, 0.1) is 5.92 Å². The van der Waals surface area contributed by atoms with Crippen molar-refractivity contribution in [3.05, 3.63) is 59.7 Å². The predicted octanol–water partition coefficient (Wildman–Crippen LogP) is 4.27. The molecule has 1 unspecified atom stereocenters. The first kappa shape index (κ1) is 21.8. The van der Waals surface area contributed by atoms with Crippen molar-refractivity contribution in [1.82, 2.24) is 5.32 Å². The molecule has 0 saturated carbocycles. The Labute approximate surface area is 178 Å². The van der Waals surface area contributed by atoms with Gasteiger partial charge >= 0.3 is 0 Å². The number of carbonyl (C=O) groups is 2. The fraction of sp³-hybridized carbons (Fsp3) is 0.417. The third-order valence-electron chi connectivity index (χ3n) is 4.98. The molecule has 0 aliphatic carbocycles. The first-order valence-electron chi connectivity index (χ1n) is 10.6. The highest BCUT2D eigenvalue weighted by Crippen LogP contribution is 2.21. The molecule has 1 fully saturated rings. The number of hydrogen-bond acceptors (Lipinski definition) is 4. The van der Waals surface area contributed by atoms with Crippen molar-refractivity contribution in [3.63, 3.8) is 0 Å². The number of hydrogen-bond donors (Lipinski definition) is 2. The summed E-state index contributed by atoms with van der Waals surface area (Å²) in [6.45, 7) is 6.07. The largest absolute Gasteiger partial charge is 0.493 e. The molecule has 2 amide bonds. The highest BCUT2D eigenvalue weighted by molar-refractivity contribution is 6.06. The molecule has 6 heteroatoms. The van der Waals surface area contributed by atoms with Gasteiger partial charge in [-0.1, -0.05) is 32.0 Å². The van der Waals surface area contributed by atoms with Crippen LogP contribution in [-0.2, 0) is 4.74 Å². The zero-order valence-electron chi connectivity index (χ0n) is 17.6. The normalized spacial score (nSPS) is 15.8. The summed E-state index contributed by atoms with van der Waals surface area (Å²) in [6.07, 6.45) is 3.00. The molecule has 0 aromatic heterocycles. The third-order valence-corrected chi connectivity index (χ3v) is 4.98. The van der Waals surface area contributed by atoms with Crippen LogP contribution < -0.4 is 15.4 Å². The fourth-order valence-electron chi connectivity index (χ4n) is 3.24. The Hall–Kier alpha value is -2.86. The highest BCUT2D eigenvalue weighted by Gasteiger charge is 2.17. The van der Waals surface area contributed by atoms with E-state index in [0.29, 0.717) is 41.6 Å². The Morgan fingerprint density at radius 1 is 1.13 bits per heavy atom. The lowest BCUT2D eigenvalue weighted by molar-refractivity contribution is 0.0857. The monoisotopic (exact) mass is 410 g/mol. The molecule has 0 spiro atoms. The van der Waals surface area contributed by atoms with Gasteiger partial charge in [0.2, 0.25) is 0 Å². The molecule has 1 heterocycles. The minimum absolute atomic E-state index is 0.0871. The minimum atomic E-state index is -0.271. The first-order chi connectivity index (χ1) is 14.5. The lowest BCUT2D eigenvalue weighted by Gasteiger charge is -2.13. The van der Waals surface area contributed by atoms with Crippen molar-refractivity contribution >= 4 is 17.5 Å². The van der Waals surface area contributed by atoms with E-state index >= 15 is 0 Å². The first-order valence-corrected chi connectivity index (χ1v) is 10.6. The standard InChI is InChI=1S/C24H30N2O4/c1-17(2)12-14-30-22-11-4-3-10-21(22)24(28)26-19-8-5-7-18(15-19)23(27)25-16-20-9-6-13-29-20/h3-5,7-8,10-11,15,17,20H,6,9,12-14,16H2,1-2H3,(H,25,27)(H,26,28). The van der Waals surface area contributed by atoms with E-state index in [0.717, 1.165) is 25.9 Å². The van der Waals surface area contributed by atoms with Crippen LogP contribution in [0.3, 0.4) is 0 Å². The van der Waals surface area contributed by atoms with Crippen molar-refractivity contribution in [2.24, 2.45) is 5.92 Å². The maximum Gasteiger partial charge on any atom is 0.259 e. The zero-order chi connectivity index (χ0) is 21.3. The Morgan fingerprint density at radius 3 is 2.73 bits per heavy atom. The summed E-state index contributed by atoms with van der Waals surface area (Å²) in [5.41, 5.74) is 1.52. The van der Waals surface area contributed by atoms with E-state index in [-0.39, 0.29) is 17.9 Å². The fourth-order valence-corrected chi connectivity index (χ4v) is 3.24. The van der Waals surface area contributed by atoms with E-state index < -0.39 is 0 Å². The number of rotatable bonds is 9. The summed E-state index contributed by atoms with van der Waals surface area (Å²) in [6, 6.07) is 14.1. The van der Waals surface area contributed by atoms with Gasteiger partial charge in [0.25, 0.3) is 11.8 Å². The second-order valence-electron chi connectivity index (χ2n) is 7.91. The number of para-hydroxylation sites is 1. The van der Waals surface area contributed by atoms with Gasteiger partial charge in [-0.25, -0.2) is 0 Å². The molecule has 3 rings (SSSR count). The lowest BCUT2D eigenvalue weighted by atomic mass is 10.1. The van der Waals surface area contributed by atoms with Crippen LogP contribution >= 0.6 is 0 Å². The van der Waals surface area contributed by atoms with Gasteiger partial charge in [0, 0.05) is 24.4 Å². The number of benzene rings is 2. The Morgan fingerprint density at radius 2 is 1.97 bits per heavy atom. The van der Waals surface area contributed by atoms with E-state index in [1.165, 1.54) is 0 Å². The average molecular weight is 411 g/mol. The van der Waals surface area contributed by atoms with Gasteiger partial charge in [0.1, 0.15) is 5.75 Å². The summed E-state index contributed by atoms with van der Waals surface area (Å²) in [5, 5.41) is 5.76. The van der Waals surface area contributed by atoms with Gasteiger partial charge in [-0.3, -0.25) is 9.59 Å². The summed E-state index contributed by atoms with van der Waals surface area (Å²) in [7, 11) is 0. The van der Waals surface area contributed by atoms with Crippen LogP contribution in [0.2, 0.25) is 0 Å². The molecule has 1 saturated heterocycles.